The molecule has 0 saturated carbocycles. The Morgan fingerprint density at radius 3 is 0.671 bits per heavy atom. The van der Waals surface area contributed by atoms with Gasteiger partial charge in [0, 0.05) is 68.2 Å². The molecule has 0 amide bonds. The highest BCUT2D eigenvalue weighted by molar-refractivity contribution is 6.59. The Morgan fingerprint density at radius 1 is 0.316 bits per heavy atom. The monoisotopic (exact) mass is 1050 g/mol. The molecule has 1 aliphatic carbocycles. The average molecular weight is 1050 g/mol. The predicted molar refractivity (Wildman–Crippen MR) is 309 cm³/mol. The van der Waals surface area contributed by atoms with Crippen molar-refractivity contribution >= 4 is 50.3 Å². The van der Waals surface area contributed by atoms with Gasteiger partial charge in [0.25, 0.3) is 0 Å². The molecular weight excluding hydrogens is 992 g/mol. The third kappa shape index (κ3) is 11.5. The van der Waals surface area contributed by atoms with Crippen LogP contribution < -0.4 is 40.8 Å². The van der Waals surface area contributed by atoms with Crippen molar-refractivity contribution < 1.29 is 59.1 Å². The number of benzene rings is 8. The van der Waals surface area contributed by atoms with Crippen LogP contribution in [0.1, 0.15) is 97.4 Å². The van der Waals surface area contributed by atoms with Gasteiger partial charge in [0.15, 0.2) is 0 Å². The molecule has 4 unspecified atom stereocenters. The summed E-state index contributed by atoms with van der Waals surface area (Å²) in [6.45, 7) is 1.60. The third-order valence-corrected chi connectivity index (χ3v) is 14.3. The lowest BCUT2D eigenvalue weighted by molar-refractivity contribution is 0.330. The number of hydrogen-bond donors (Lipinski definition) is 8. The molecule has 390 valence electrons. The second-order valence-corrected chi connectivity index (χ2v) is 18.9. The quantitative estimate of drug-likeness (QED) is 0.0515. The van der Waals surface area contributed by atoms with Gasteiger partial charge in [-0.05, 0) is 51.0 Å². The van der Waals surface area contributed by atoms with E-state index in [4.69, 9.17) is 38.2 Å². The van der Waals surface area contributed by atoms with Crippen LogP contribution >= 0.6 is 0 Å². The van der Waals surface area contributed by atoms with Crippen molar-refractivity contribution in [3.63, 3.8) is 0 Å². The average Bonchev–Trinajstić information content (AvgIpc) is 3.66. The summed E-state index contributed by atoms with van der Waals surface area (Å²) in [5.41, 5.74) is 8.98. The second-order valence-electron chi connectivity index (χ2n) is 18.9. The zero-order valence-corrected chi connectivity index (χ0v) is 43.1. The third-order valence-electron chi connectivity index (χ3n) is 14.3. The zero-order valence-electron chi connectivity index (χ0n) is 43.1. The Hall–Kier alpha value is -8.42. The summed E-state index contributed by atoms with van der Waals surface area (Å²) >= 11 is 0. The highest BCUT2D eigenvalue weighted by Gasteiger charge is 2.37. The number of para-hydroxylation sites is 4. The molecule has 0 fully saturated rings. The summed E-state index contributed by atoms with van der Waals surface area (Å²) in [5.74, 6) is 6.68. The maximum absolute atomic E-state index is 10.3. The lowest BCUT2D eigenvalue weighted by Crippen LogP contribution is -2.29. The van der Waals surface area contributed by atoms with Crippen LogP contribution in [0.15, 0.2) is 170 Å². The van der Waals surface area contributed by atoms with Gasteiger partial charge in [-0.1, -0.05) is 188 Å². The summed E-state index contributed by atoms with van der Waals surface area (Å²) in [6, 6.07) is 50.9. The van der Waals surface area contributed by atoms with E-state index in [1.54, 1.807) is 72.8 Å². The van der Waals surface area contributed by atoms with Gasteiger partial charge in [0.05, 0.1) is 6.61 Å². The molecule has 12 nitrogen and oxygen atoms in total. The summed E-state index contributed by atoms with van der Waals surface area (Å²) in [4.78, 5) is 0. The van der Waals surface area contributed by atoms with E-state index in [-0.39, 0.29) is 48.3 Å². The summed E-state index contributed by atoms with van der Waals surface area (Å²) in [6.07, 6.45) is 18.2. The Kier molecular flexibility index (Phi) is 17.5. The van der Waals surface area contributed by atoms with Crippen molar-refractivity contribution in [3.8, 4) is 60.0 Å². The lowest BCUT2D eigenvalue weighted by atomic mass is 9.73. The van der Waals surface area contributed by atoms with Gasteiger partial charge in [-0.15, -0.1) is 19.3 Å². The van der Waals surface area contributed by atoms with E-state index in [0.29, 0.717) is 89.8 Å². The van der Waals surface area contributed by atoms with Crippen LogP contribution in [0.25, 0.3) is 0 Å². The van der Waals surface area contributed by atoms with Gasteiger partial charge < -0.3 is 59.1 Å². The summed E-state index contributed by atoms with van der Waals surface area (Å²) in [5, 5.41) is 82.7. The van der Waals surface area contributed by atoms with E-state index in [1.807, 2.05) is 104 Å². The molecule has 8 aromatic rings. The Labute approximate surface area is 461 Å². The first-order valence-corrected chi connectivity index (χ1v) is 25.6. The highest BCUT2D eigenvalue weighted by atomic mass is 16.5. The Bertz CT molecular complexity index is 3330. The van der Waals surface area contributed by atoms with E-state index in [0.717, 1.165) is 0 Å². The molecule has 8 N–H and O–H groups in total. The molecule has 4 atom stereocenters. The SMILES string of the molecule is C#CCOc1c2cccc1C(c1ccc(B(O)O)cc1)c1cccc(c1OCC#C)C(c1ccc(B(O)O)cc1)c1cccc(c1OCC#C)C(c1ccc(B(O)O)cc1)c1cccc(c1OCC)C2c1ccc(B(O)O)cc1. The molecule has 1 aliphatic rings. The van der Waals surface area contributed by atoms with Gasteiger partial charge >= 0.3 is 28.5 Å². The van der Waals surface area contributed by atoms with Crippen molar-refractivity contribution in [1.82, 2.24) is 0 Å². The van der Waals surface area contributed by atoms with Crippen LogP contribution in [0.2, 0.25) is 0 Å². The first-order valence-electron chi connectivity index (χ1n) is 25.6. The van der Waals surface area contributed by atoms with Crippen molar-refractivity contribution in [2.75, 3.05) is 26.4 Å². The number of hydrogen-bond acceptors (Lipinski definition) is 12. The van der Waals surface area contributed by atoms with E-state index >= 15 is 0 Å². The van der Waals surface area contributed by atoms with Crippen LogP contribution in [0.4, 0.5) is 0 Å². The Morgan fingerprint density at radius 2 is 0.506 bits per heavy atom. The van der Waals surface area contributed by atoms with Crippen molar-refractivity contribution in [2.24, 2.45) is 0 Å². The van der Waals surface area contributed by atoms with Crippen LogP contribution in [-0.4, -0.2) is 95.1 Å². The molecule has 0 radical (unpaired) electrons. The Balaban J connectivity index is 1.52. The van der Waals surface area contributed by atoms with E-state index in [9.17, 15) is 40.2 Å². The maximum Gasteiger partial charge on any atom is 0.488 e. The van der Waals surface area contributed by atoms with Crippen LogP contribution in [0.5, 0.6) is 23.0 Å². The standard InChI is InChI=1S/C63H54B4O12/c1-5-37-77-61-50-15-10-17-52(61)58(42-25-33-46(34-26-42)66(72)73)54-19-12-20-55(63(54)79-39-7-3)59(43-27-35-47(36-28-43)67(74)75)53-18-11-16-51(62(53)78-38-6-2)57(41-23-31-45(32-24-41)65(70)71)49-14-9-13-48(60(49)76-8-4)56(50)40-21-29-44(30-22-40)64(68)69/h1-3,9-36,56-59,68-75H,8,37-39H2,4H3. The fraction of sp³-hybridized carbons (Fsp3) is 0.143. The molecule has 79 heavy (non-hydrogen) atoms. The molecule has 0 spiro atoms. The summed E-state index contributed by atoms with van der Waals surface area (Å²) in [7, 11) is -7.02. The topological polar surface area (TPSA) is 199 Å². The van der Waals surface area contributed by atoms with Crippen LogP contribution in [-0.2, 0) is 0 Å². The molecule has 0 saturated heterocycles. The normalized spacial score (nSPS) is 15.3. The summed E-state index contributed by atoms with van der Waals surface area (Å²) < 4.78 is 27.5. The molecule has 0 aromatic heterocycles. The molecule has 8 aromatic carbocycles. The van der Waals surface area contributed by atoms with Gasteiger partial charge in [-0.3, -0.25) is 0 Å². The zero-order chi connectivity index (χ0) is 55.7. The molecule has 8 bridgehead atoms. The number of terminal acetylenes is 3. The van der Waals surface area contributed by atoms with Gasteiger partial charge in [0.2, 0.25) is 0 Å². The minimum Gasteiger partial charge on any atom is -0.493 e. The van der Waals surface area contributed by atoms with Crippen molar-refractivity contribution in [3.05, 3.63) is 237 Å². The van der Waals surface area contributed by atoms with Crippen molar-refractivity contribution in [1.29, 1.82) is 0 Å². The molecule has 9 rings (SSSR count). The highest BCUT2D eigenvalue weighted by Crippen LogP contribution is 2.54. The van der Waals surface area contributed by atoms with Gasteiger partial charge in [0.1, 0.15) is 42.8 Å². The van der Waals surface area contributed by atoms with E-state index in [2.05, 4.69) is 17.8 Å². The molecule has 16 heteroatoms. The number of ether oxygens (including phenoxy) is 4. The fourth-order valence-electron chi connectivity index (χ4n) is 10.8. The predicted octanol–water partition coefficient (Wildman–Crippen LogP) is 3.87. The van der Waals surface area contributed by atoms with Crippen LogP contribution in [0, 0.1) is 37.0 Å². The first-order chi connectivity index (χ1) is 38.4. The molecular formula is C63H54B4O12. The minimum atomic E-state index is -1.76. The number of rotatable bonds is 16. The number of fused-ring (bicyclic) bond motifs is 8. The lowest BCUT2D eigenvalue weighted by Gasteiger charge is -2.33. The minimum absolute atomic E-state index is 0.163. The van der Waals surface area contributed by atoms with Crippen LogP contribution in [0.3, 0.4) is 0 Å². The fourth-order valence-corrected chi connectivity index (χ4v) is 10.8. The second kappa shape index (κ2) is 24.9. The van der Waals surface area contributed by atoms with Crippen molar-refractivity contribution in [2.45, 2.75) is 30.6 Å². The van der Waals surface area contributed by atoms with Gasteiger partial charge in [-0.2, -0.15) is 0 Å². The van der Waals surface area contributed by atoms with E-state index < -0.39 is 52.1 Å². The van der Waals surface area contributed by atoms with E-state index in [1.165, 1.54) is 0 Å². The molecule has 0 heterocycles. The smallest absolute Gasteiger partial charge is 0.488 e. The largest absolute Gasteiger partial charge is 0.493 e. The first kappa shape index (κ1) is 55.3. The molecule has 0 aliphatic heterocycles. The maximum atomic E-state index is 10.3. The van der Waals surface area contributed by atoms with Gasteiger partial charge in [-0.25, -0.2) is 0 Å².